The second-order valence-corrected chi connectivity index (χ2v) is 6.81. The first-order chi connectivity index (χ1) is 11.6. The highest BCUT2D eigenvalue weighted by atomic mass is 32.2. The van der Waals surface area contributed by atoms with E-state index in [0.29, 0.717) is 18.9 Å². The summed E-state index contributed by atoms with van der Waals surface area (Å²) in [6.07, 6.45) is 3.59. The van der Waals surface area contributed by atoms with Gasteiger partial charge in [-0.3, -0.25) is 4.98 Å². The minimum Gasteiger partial charge on any atom is -0.324 e. The molecule has 2 amide bonds. The fraction of sp³-hybridized carbons (Fsp3) is 0.438. The Morgan fingerprint density at radius 3 is 2.75 bits per heavy atom. The second kappa shape index (κ2) is 7.12. The summed E-state index contributed by atoms with van der Waals surface area (Å²) in [4.78, 5) is 29.3. The Bertz CT molecular complexity index is 777. The van der Waals surface area contributed by atoms with Crippen molar-refractivity contribution in [2.45, 2.75) is 30.6 Å². The first-order valence-corrected chi connectivity index (χ1v) is 9.14. The van der Waals surface area contributed by atoms with Crippen LogP contribution in [0.25, 0.3) is 0 Å². The summed E-state index contributed by atoms with van der Waals surface area (Å²) in [7, 11) is 0. The van der Waals surface area contributed by atoms with Crippen LogP contribution in [-0.2, 0) is 0 Å². The fourth-order valence-electron chi connectivity index (χ4n) is 2.89. The minimum absolute atomic E-state index is 0.0784. The molecule has 0 bridgehead atoms. The van der Waals surface area contributed by atoms with Crippen LogP contribution >= 0.6 is 11.8 Å². The van der Waals surface area contributed by atoms with Gasteiger partial charge in [0, 0.05) is 29.6 Å². The van der Waals surface area contributed by atoms with Crippen LogP contribution in [0.1, 0.15) is 30.1 Å². The molecule has 1 aromatic heterocycles. The molecule has 0 unspecified atom stereocenters. The number of nitrogens with one attached hydrogen (secondary N) is 3. The largest absolute Gasteiger partial charge is 0.340 e. The SMILES string of the molecule is CSc1ccc(C)c(NC(=O)N2CCC(c3n[nH]c(=O)[nH]3)CC2)c1. The van der Waals surface area contributed by atoms with Crippen molar-refractivity contribution in [3.05, 3.63) is 40.1 Å². The smallest absolute Gasteiger partial charge is 0.324 e. The maximum absolute atomic E-state index is 12.5. The monoisotopic (exact) mass is 347 g/mol. The van der Waals surface area contributed by atoms with Gasteiger partial charge in [-0.1, -0.05) is 6.07 Å². The van der Waals surface area contributed by atoms with Gasteiger partial charge in [0.05, 0.1) is 0 Å². The molecule has 0 atom stereocenters. The number of piperidine rings is 1. The highest BCUT2D eigenvalue weighted by Crippen LogP contribution is 2.26. The topological polar surface area (TPSA) is 93.9 Å². The molecule has 0 aliphatic carbocycles. The van der Waals surface area contributed by atoms with Gasteiger partial charge in [0.1, 0.15) is 5.82 Å². The third-order valence-electron chi connectivity index (χ3n) is 4.37. The maximum Gasteiger partial charge on any atom is 0.340 e. The van der Waals surface area contributed by atoms with Gasteiger partial charge in [0.15, 0.2) is 0 Å². The van der Waals surface area contributed by atoms with E-state index in [1.807, 2.05) is 36.3 Å². The van der Waals surface area contributed by atoms with E-state index >= 15 is 0 Å². The van der Waals surface area contributed by atoms with Crippen LogP contribution in [0.15, 0.2) is 27.9 Å². The molecule has 3 N–H and O–H groups in total. The normalized spacial score (nSPS) is 15.5. The summed E-state index contributed by atoms with van der Waals surface area (Å²) in [5.74, 6) is 0.873. The van der Waals surface area contributed by atoms with Gasteiger partial charge in [-0.15, -0.1) is 11.8 Å². The molecule has 8 heteroatoms. The fourth-order valence-corrected chi connectivity index (χ4v) is 3.33. The Morgan fingerprint density at radius 2 is 2.12 bits per heavy atom. The van der Waals surface area contributed by atoms with E-state index in [1.165, 1.54) is 0 Å². The Hall–Kier alpha value is -2.22. The van der Waals surface area contributed by atoms with Crippen molar-refractivity contribution in [1.29, 1.82) is 0 Å². The van der Waals surface area contributed by atoms with E-state index in [4.69, 9.17) is 0 Å². The van der Waals surface area contributed by atoms with Gasteiger partial charge < -0.3 is 10.2 Å². The molecule has 1 aromatic carbocycles. The molecule has 2 heterocycles. The number of aromatic nitrogens is 3. The van der Waals surface area contributed by atoms with Crippen LogP contribution in [0, 0.1) is 6.92 Å². The van der Waals surface area contributed by atoms with Crippen molar-refractivity contribution >= 4 is 23.5 Å². The molecular weight excluding hydrogens is 326 g/mol. The Kier molecular flexibility index (Phi) is 4.94. The summed E-state index contributed by atoms with van der Waals surface area (Å²) < 4.78 is 0. The number of amides is 2. The summed E-state index contributed by atoms with van der Waals surface area (Å²) in [5, 5.41) is 9.39. The highest BCUT2D eigenvalue weighted by Gasteiger charge is 2.26. The third kappa shape index (κ3) is 3.64. The first-order valence-electron chi connectivity index (χ1n) is 7.92. The van der Waals surface area contributed by atoms with E-state index in [-0.39, 0.29) is 17.6 Å². The number of aryl methyl sites for hydroxylation is 1. The van der Waals surface area contributed by atoms with E-state index in [1.54, 1.807) is 11.8 Å². The van der Waals surface area contributed by atoms with Gasteiger partial charge in [0.25, 0.3) is 0 Å². The number of rotatable bonds is 3. The van der Waals surface area contributed by atoms with E-state index in [0.717, 1.165) is 29.0 Å². The number of carbonyl (C=O) groups excluding carboxylic acids is 1. The second-order valence-electron chi connectivity index (χ2n) is 5.94. The number of hydrogen-bond acceptors (Lipinski definition) is 4. The number of H-pyrrole nitrogens is 2. The van der Waals surface area contributed by atoms with Gasteiger partial charge in [-0.2, -0.15) is 5.10 Å². The summed E-state index contributed by atoms with van der Waals surface area (Å²) in [6, 6.07) is 5.98. The molecule has 24 heavy (non-hydrogen) atoms. The molecule has 3 rings (SSSR count). The molecule has 128 valence electrons. The molecule has 2 aromatic rings. The summed E-state index contributed by atoms with van der Waals surface area (Å²) >= 11 is 1.65. The van der Waals surface area contributed by atoms with Crippen LogP contribution in [0.3, 0.4) is 0 Å². The predicted molar refractivity (Wildman–Crippen MR) is 94.7 cm³/mol. The zero-order valence-corrected chi connectivity index (χ0v) is 14.6. The molecule has 0 radical (unpaired) electrons. The van der Waals surface area contributed by atoms with E-state index < -0.39 is 0 Å². The molecular formula is C16H21N5O2S. The predicted octanol–water partition coefficient (Wildman–Crippen LogP) is 2.54. The number of carbonyl (C=O) groups is 1. The van der Waals surface area contributed by atoms with Gasteiger partial charge >= 0.3 is 11.7 Å². The zero-order chi connectivity index (χ0) is 17.1. The lowest BCUT2D eigenvalue weighted by Gasteiger charge is -2.31. The quantitative estimate of drug-likeness (QED) is 0.744. The molecule has 1 fully saturated rings. The van der Waals surface area contributed by atoms with Crippen LogP contribution in [0.5, 0.6) is 0 Å². The number of benzene rings is 1. The van der Waals surface area contributed by atoms with Crippen molar-refractivity contribution in [3.63, 3.8) is 0 Å². The number of urea groups is 1. The number of aromatic amines is 2. The molecule has 1 aliphatic rings. The molecule has 1 aliphatic heterocycles. The molecule has 0 saturated carbocycles. The van der Waals surface area contributed by atoms with Crippen LogP contribution in [0.2, 0.25) is 0 Å². The van der Waals surface area contributed by atoms with Crippen molar-refractivity contribution in [2.24, 2.45) is 0 Å². The van der Waals surface area contributed by atoms with Crippen molar-refractivity contribution in [2.75, 3.05) is 24.7 Å². The lowest BCUT2D eigenvalue weighted by molar-refractivity contribution is 0.193. The molecule has 7 nitrogen and oxygen atoms in total. The molecule has 0 spiro atoms. The average Bonchev–Trinajstić information content (AvgIpc) is 3.03. The summed E-state index contributed by atoms with van der Waals surface area (Å²) in [5.41, 5.74) is 1.62. The number of likely N-dealkylation sites (tertiary alicyclic amines) is 1. The Labute approximate surface area is 144 Å². The Morgan fingerprint density at radius 1 is 1.38 bits per heavy atom. The minimum atomic E-state index is -0.283. The van der Waals surface area contributed by atoms with Gasteiger partial charge in [-0.05, 0) is 43.7 Å². The first kappa shape index (κ1) is 16.6. The zero-order valence-electron chi connectivity index (χ0n) is 13.8. The maximum atomic E-state index is 12.5. The lowest BCUT2D eigenvalue weighted by Crippen LogP contribution is -2.40. The van der Waals surface area contributed by atoms with Crippen molar-refractivity contribution < 1.29 is 4.79 Å². The number of anilines is 1. The van der Waals surface area contributed by atoms with Gasteiger partial charge in [0.2, 0.25) is 0 Å². The number of hydrogen-bond donors (Lipinski definition) is 3. The molecule has 1 saturated heterocycles. The number of thioether (sulfide) groups is 1. The van der Waals surface area contributed by atoms with E-state index in [9.17, 15) is 9.59 Å². The van der Waals surface area contributed by atoms with Crippen molar-refractivity contribution in [1.82, 2.24) is 20.1 Å². The van der Waals surface area contributed by atoms with E-state index in [2.05, 4.69) is 20.5 Å². The lowest BCUT2D eigenvalue weighted by atomic mass is 9.96. The van der Waals surface area contributed by atoms with Crippen LogP contribution in [0.4, 0.5) is 10.5 Å². The third-order valence-corrected chi connectivity index (χ3v) is 5.10. The standard InChI is InChI=1S/C16H21N5O2S/c1-10-3-4-12(24-2)9-13(10)17-16(23)21-7-5-11(6-8-21)14-18-15(22)20-19-14/h3-4,9,11H,5-8H2,1-2H3,(H,17,23)(H2,18,19,20,22). The van der Waals surface area contributed by atoms with Crippen LogP contribution < -0.4 is 11.0 Å². The highest BCUT2D eigenvalue weighted by molar-refractivity contribution is 7.98. The van der Waals surface area contributed by atoms with Crippen LogP contribution in [-0.4, -0.2) is 45.5 Å². The summed E-state index contributed by atoms with van der Waals surface area (Å²) in [6.45, 7) is 3.28. The average molecular weight is 347 g/mol. The Balaban J connectivity index is 1.60. The van der Waals surface area contributed by atoms with Gasteiger partial charge in [-0.25, -0.2) is 14.7 Å². The number of nitrogens with zero attached hydrogens (tertiary/aromatic N) is 2. The van der Waals surface area contributed by atoms with Crippen molar-refractivity contribution in [3.8, 4) is 0 Å².